The first-order valence-corrected chi connectivity index (χ1v) is 6.44. The number of hydrogen-bond donors (Lipinski definition) is 1. The maximum absolute atomic E-state index is 13.6. The van der Waals surface area contributed by atoms with E-state index in [0.29, 0.717) is 17.0 Å². The molecule has 1 aromatic carbocycles. The summed E-state index contributed by atoms with van der Waals surface area (Å²) < 4.78 is 15.3. The fraction of sp³-hybridized carbons (Fsp3) is 0.400. The molecule has 2 aromatic rings. The minimum atomic E-state index is -0.739. The third-order valence-electron chi connectivity index (χ3n) is 3.21. The molecular formula is C15H19FN2O. The molecule has 0 aliphatic heterocycles. The average molecular weight is 262 g/mol. The Labute approximate surface area is 112 Å². The van der Waals surface area contributed by atoms with Crippen molar-refractivity contribution < 1.29 is 9.50 Å². The highest BCUT2D eigenvalue weighted by Gasteiger charge is 2.14. The molecule has 4 heteroatoms. The van der Waals surface area contributed by atoms with Crippen LogP contribution in [-0.2, 0) is 0 Å². The van der Waals surface area contributed by atoms with Crippen LogP contribution in [0.4, 0.5) is 4.39 Å². The summed E-state index contributed by atoms with van der Waals surface area (Å²) in [4.78, 5) is 0. The van der Waals surface area contributed by atoms with E-state index in [0.717, 1.165) is 11.4 Å². The predicted molar refractivity (Wildman–Crippen MR) is 73.0 cm³/mol. The maximum Gasteiger partial charge on any atom is 0.126 e. The summed E-state index contributed by atoms with van der Waals surface area (Å²) in [6, 6.07) is 5.04. The summed E-state index contributed by atoms with van der Waals surface area (Å²) in [5, 5.41) is 14.3. The van der Waals surface area contributed by atoms with E-state index in [-0.39, 0.29) is 5.82 Å². The molecule has 0 spiro atoms. The normalized spacial score (nSPS) is 13.0. The SMILES string of the molecule is Cc1cc(-n2ccc(C(C)C)n2)c([C@@H](C)O)cc1F. The van der Waals surface area contributed by atoms with Gasteiger partial charge in [0.1, 0.15) is 5.82 Å². The molecule has 1 atom stereocenters. The number of aliphatic hydroxyl groups excluding tert-OH is 1. The Kier molecular flexibility index (Phi) is 3.71. The number of nitrogens with zero attached hydrogens (tertiary/aromatic N) is 2. The topological polar surface area (TPSA) is 38.0 Å². The van der Waals surface area contributed by atoms with E-state index in [1.165, 1.54) is 6.07 Å². The van der Waals surface area contributed by atoms with Crippen LogP contribution in [0, 0.1) is 12.7 Å². The Morgan fingerprint density at radius 2 is 1.95 bits per heavy atom. The molecule has 0 saturated carbocycles. The van der Waals surface area contributed by atoms with Crippen LogP contribution in [0.3, 0.4) is 0 Å². The zero-order valence-corrected chi connectivity index (χ0v) is 11.7. The predicted octanol–water partition coefficient (Wildman–Crippen LogP) is 3.50. The zero-order chi connectivity index (χ0) is 14.2. The fourth-order valence-corrected chi connectivity index (χ4v) is 1.99. The highest BCUT2D eigenvalue weighted by molar-refractivity contribution is 5.45. The molecule has 3 nitrogen and oxygen atoms in total. The average Bonchev–Trinajstić information content (AvgIpc) is 2.81. The van der Waals surface area contributed by atoms with E-state index >= 15 is 0 Å². The number of hydrogen-bond acceptors (Lipinski definition) is 2. The van der Waals surface area contributed by atoms with Gasteiger partial charge in [-0.25, -0.2) is 9.07 Å². The molecular weight excluding hydrogens is 243 g/mol. The second kappa shape index (κ2) is 5.13. The molecule has 0 aliphatic rings. The Balaban J connectivity index is 2.56. The summed E-state index contributed by atoms with van der Waals surface area (Å²) in [6.45, 7) is 7.47. The zero-order valence-electron chi connectivity index (χ0n) is 11.7. The van der Waals surface area contributed by atoms with Gasteiger partial charge in [0.15, 0.2) is 0 Å². The summed E-state index contributed by atoms with van der Waals surface area (Å²) in [5.41, 5.74) is 2.78. The van der Waals surface area contributed by atoms with Crippen molar-refractivity contribution >= 4 is 0 Å². The first-order valence-electron chi connectivity index (χ1n) is 6.44. The van der Waals surface area contributed by atoms with E-state index in [1.54, 1.807) is 24.6 Å². The first-order chi connectivity index (χ1) is 8.90. The van der Waals surface area contributed by atoms with Crippen LogP contribution in [0.5, 0.6) is 0 Å². The molecule has 19 heavy (non-hydrogen) atoms. The van der Waals surface area contributed by atoms with Gasteiger partial charge in [-0.05, 0) is 43.5 Å². The number of aromatic nitrogens is 2. The van der Waals surface area contributed by atoms with Gasteiger partial charge in [0, 0.05) is 11.8 Å². The lowest BCUT2D eigenvalue weighted by atomic mass is 10.1. The van der Waals surface area contributed by atoms with Crippen LogP contribution < -0.4 is 0 Å². The Bertz CT molecular complexity index is 588. The molecule has 1 heterocycles. The third-order valence-corrected chi connectivity index (χ3v) is 3.21. The summed E-state index contributed by atoms with van der Waals surface area (Å²) in [6.07, 6.45) is 1.10. The van der Waals surface area contributed by atoms with Gasteiger partial charge in [0.05, 0.1) is 17.5 Å². The van der Waals surface area contributed by atoms with Gasteiger partial charge < -0.3 is 5.11 Å². The van der Waals surface area contributed by atoms with Gasteiger partial charge in [-0.15, -0.1) is 0 Å². The third kappa shape index (κ3) is 2.68. The maximum atomic E-state index is 13.6. The van der Waals surface area contributed by atoms with Crippen molar-refractivity contribution in [2.45, 2.75) is 39.7 Å². The lowest BCUT2D eigenvalue weighted by molar-refractivity contribution is 0.198. The molecule has 102 valence electrons. The molecule has 0 radical (unpaired) electrons. The standard InChI is InChI=1S/C15H19FN2O/c1-9(2)14-5-6-18(17-14)15-7-10(3)13(16)8-12(15)11(4)19/h5-9,11,19H,1-4H3/t11-/m1/s1. The van der Waals surface area contributed by atoms with Gasteiger partial charge in [-0.3, -0.25) is 0 Å². The fourth-order valence-electron chi connectivity index (χ4n) is 1.99. The van der Waals surface area contributed by atoms with Gasteiger partial charge in [0.2, 0.25) is 0 Å². The van der Waals surface area contributed by atoms with E-state index < -0.39 is 6.10 Å². The highest BCUT2D eigenvalue weighted by atomic mass is 19.1. The Hall–Kier alpha value is -1.68. The number of halogens is 1. The number of benzene rings is 1. The van der Waals surface area contributed by atoms with Crippen LogP contribution >= 0.6 is 0 Å². The number of rotatable bonds is 3. The van der Waals surface area contributed by atoms with Gasteiger partial charge in [-0.1, -0.05) is 13.8 Å². The van der Waals surface area contributed by atoms with E-state index in [4.69, 9.17) is 0 Å². The minimum Gasteiger partial charge on any atom is -0.389 e. The second-order valence-corrected chi connectivity index (χ2v) is 5.18. The highest BCUT2D eigenvalue weighted by Crippen LogP contribution is 2.25. The number of aliphatic hydroxyl groups is 1. The molecule has 0 saturated heterocycles. The van der Waals surface area contributed by atoms with Crippen molar-refractivity contribution in [3.63, 3.8) is 0 Å². The Morgan fingerprint density at radius 3 is 2.47 bits per heavy atom. The van der Waals surface area contributed by atoms with Crippen molar-refractivity contribution in [1.82, 2.24) is 9.78 Å². The van der Waals surface area contributed by atoms with Crippen LogP contribution in [0.15, 0.2) is 24.4 Å². The molecule has 2 rings (SSSR count). The van der Waals surface area contributed by atoms with Gasteiger partial charge in [-0.2, -0.15) is 5.10 Å². The van der Waals surface area contributed by atoms with Crippen LogP contribution in [0.2, 0.25) is 0 Å². The van der Waals surface area contributed by atoms with Crippen LogP contribution in [-0.4, -0.2) is 14.9 Å². The molecule has 0 unspecified atom stereocenters. The summed E-state index contributed by atoms with van der Waals surface area (Å²) in [5.74, 6) is 0.0219. The molecule has 1 N–H and O–H groups in total. The quantitative estimate of drug-likeness (QED) is 0.919. The monoisotopic (exact) mass is 262 g/mol. The first kappa shape index (κ1) is 13.7. The lowest BCUT2D eigenvalue weighted by Crippen LogP contribution is -2.06. The van der Waals surface area contributed by atoms with Crippen molar-refractivity contribution in [1.29, 1.82) is 0 Å². The van der Waals surface area contributed by atoms with Crippen LogP contribution in [0.25, 0.3) is 5.69 Å². The molecule has 1 aromatic heterocycles. The Morgan fingerprint density at radius 1 is 1.26 bits per heavy atom. The van der Waals surface area contributed by atoms with E-state index in [9.17, 15) is 9.50 Å². The molecule has 0 bridgehead atoms. The summed E-state index contributed by atoms with van der Waals surface area (Å²) >= 11 is 0. The smallest absolute Gasteiger partial charge is 0.126 e. The number of aryl methyl sites for hydroxylation is 1. The minimum absolute atomic E-state index is 0.309. The van der Waals surface area contributed by atoms with Crippen molar-refractivity contribution in [3.8, 4) is 5.69 Å². The molecule has 0 aliphatic carbocycles. The molecule has 0 fully saturated rings. The van der Waals surface area contributed by atoms with Crippen molar-refractivity contribution in [2.24, 2.45) is 0 Å². The summed E-state index contributed by atoms with van der Waals surface area (Å²) in [7, 11) is 0. The lowest BCUT2D eigenvalue weighted by Gasteiger charge is -2.14. The van der Waals surface area contributed by atoms with E-state index in [2.05, 4.69) is 18.9 Å². The molecule has 0 amide bonds. The second-order valence-electron chi connectivity index (χ2n) is 5.18. The van der Waals surface area contributed by atoms with E-state index in [1.807, 2.05) is 12.3 Å². The van der Waals surface area contributed by atoms with Gasteiger partial charge >= 0.3 is 0 Å². The van der Waals surface area contributed by atoms with Crippen LogP contribution in [0.1, 0.15) is 49.6 Å². The van der Waals surface area contributed by atoms with Crippen molar-refractivity contribution in [2.75, 3.05) is 0 Å². The van der Waals surface area contributed by atoms with Crippen molar-refractivity contribution in [3.05, 3.63) is 47.0 Å². The van der Waals surface area contributed by atoms with Gasteiger partial charge in [0.25, 0.3) is 0 Å². The largest absolute Gasteiger partial charge is 0.389 e.